The standard InChI is InChI=1S/C13H27NO/c1-4-12-6-5-7-13(9-8-12)14-15-10-11(2)3/h11-14H,4-10H2,1-3H3. The minimum absolute atomic E-state index is 0.598. The zero-order valence-corrected chi connectivity index (χ0v) is 10.6. The molecule has 0 aliphatic heterocycles. The molecule has 0 heterocycles. The van der Waals surface area contributed by atoms with Crippen LogP contribution in [0.4, 0.5) is 0 Å². The Labute approximate surface area is 94.7 Å². The van der Waals surface area contributed by atoms with Crippen molar-refractivity contribution in [3.05, 3.63) is 0 Å². The summed E-state index contributed by atoms with van der Waals surface area (Å²) < 4.78 is 0. The van der Waals surface area contributed by atoms with Crippen LogP contribution in [0.15, 0.2) is 0 Å². The first-order valence-corrected chi connectivity index (χ1v) is 6.59. The first kappa shape index (κ1) is 13.0. The van der Waals surface area contributed by atoms with Gasteiger partial charge >= 0.3 is 0 Å². The summed E-state index contributed by atoms with van der Waals surface area (Å²) in [4.78, 5) is 5.51. The average molecular weight is 213 g/mol. The third kappa shape index (κ3) is 5.53. The lowest BCUT2D eigenvalue weighted by molar-refractivity contribution is -0.00243. The molecule has 1 fully saturated rings. The van der Waals surface area contributed by atoms with Crippen molar-refractivity contribution in [2.45, 2.75) is 65.3 Å². The summed E-state index contributed by atoms with van der Waals surface area (Å²) in [5, 5.41) is 0. The third-order valence-electron chi connectivity index (χ3n) is 3.33. The molecule has 1 aliphatic rings. The molecule has 2 unspecified atom stereocenters. The topological polar surface area (TPSA) is 21.3 Å². The Morgan fingerprint density at radius 1 is 1.20 bits per heavy atom. The van der Waals surface area contributed by atoms with E-state index >= 15 is 0 Å². The van der Waals surface area contributed by atoms with Gasteiger partial charge in [0.05, 0.1) is 6.61 Å². The molecule has 15 heavy (non-hydrogen) atoms. The Morgan fingerprint density at radius 3 is 2.67 bits per heavy atom. The van der Waals surface area contributed by atoms with E-state index in [9.17, 15) is 0 Å². The van der Waals surface area contributed by atoms with Gasteiger partial charge in [-0.05, 0) is 31.1 Å². The highest BCUT2D eigenvalue weighted by molar-refractivity contribution is 4.72. The predicted octanol–water partition coefficient (Wildman–Crippen LogP) is 3.52. The van der Waals surface area contributed by atoms with Gasteiger partial charge in [-0.1, -0.05) is 40.0 Å². The molecule has 0 bridgehead atoms. The lowest BCUT2D eigenvalue weighted by Gasteiger charge is -2.17. The Hall–Kier alpha value is -0.0800. The molecule has 0 saturated heterocycles. The van der Waals surface area contributed by atoms with E-state index in [1.807, 2.05) is 0 Å². The highest BCUT2D eigenvalue weighted by Gasteiger charge is 2.17. The molecule has 0 aromatic rings. The Balaban J connectivity index is 2.14. The van der Waals surface area contributed by atoms with Crippen molar-refractivity contribution in [3.63, 3.8) is 0 Å². The molecule has 0 spiro atoms. The van der Waals surface area contributed by atoms with Gasteiger partial charge in [0.25, 0.3) is 0 Å². The quantitative estimate of drug-likeness (QED) is 0.557. The smallest absolute Gasteiger partial charge is 0.0705 e. The molecule has 1 aliphatic carbocycles. The van der Waals surface area contributed by atoms with Crippen LogP contribution in [0.5, 0.6) is 0 Å². The van der Waals surface area contributed by atoms with Crippen molar-refractivity contribution in [2.24, 2.45) is 11.8 Å². The zero-order chi connectivity index (χ0) is 11.1. The Kier molecular flexibility index (Phi) is 6.26. The molecule has 2 atom stereocenters. The van der Waals surface area contributed by atoms with Gasteiger partial charge in [0, 0.05) is 6.04 Å². The Morgan fingerprint density at radius 2 is 2.00 bits per heavy atom. The molecular formula is C13H27NO. The molecule has 1 N–H and O–H groups in total. The molecule has 0 aromatic carbocycles. The van der Waals surface area contributed by atoms with Crippen LogP contribution in [0.1, 0.15) is 59.3 Å². The molecular weight excluding hydrogens is 186 g/mol. The molecule has 0 aromatic heterocycles. The number of hydroxylamine groups is 1. The van der Waals surface area contributed by atoms with Crippen LogP contribution in [-0.4, -0.2) is 12.6 Å². The fourth-order valence-corrected chi connectivity index (χ4v) is 2.24. The summed E-state index contributed by atoms with van der Waals surface area (Å²) in [7, 11) is 0. The van der Waals surface area contributed by atoms with E-state index in [0.29, 0.717) is 12.0 Å². The van der Waals surface area contributed by atoms with Crippen LogP contribution >= 0.6 is 0 Å². The van der Waals surface area contributed by atoms with Gasteiger partial charge < -0.3 is 4.84 Å². The Bertz CT molecular complexity index is 159. The maximum absolute atomic E-state index is 5.51. The second kappa shape index (κ2) is 7.24. The summed E-state index contributed by atoms with van der Waals surface area (Å²) in [5.41, 5.74) is 3.24. The van der Waals surface area contributed by atoms with E-state index in [2.05, 4.69) is 26.3 Å². The SMILES string of the molecule is CCC1CCCC(NOCC(C)C)CC1. The second-order valence-electron chi connectivity index (χ2n) is 5.30. The average Bonchev–Trinajstić information content (AvgIpc) is 2.42. The van der Waals surface area contributed by atoms with Crippen LogP contribution in [-0.2, 0) is 4.84 Å². The first-order chi connectivity index (χ1) is 7.22. The van der Waals surface area contributed by atoms with Crippen molar-refractivity contribution in [2.75, 3.05) is 6.61 Å². The van der Waals surface area contributed by atoms with Crippen molar-refractivity contribution in [1.82, 2.24) is 5.48 Å². The first-order valence-electron chi connectivity index (χ1n) is 6.59. The fourth-order valence-electron chi connectivity index (χ4n) is 2.24. The van der Waals surface area contributed by atoms with Gasteiger partial charge in [-0.3, -0.25) is 0 Å². The van der Waals surface area contributed by atoms with Gasteiger partial charge in [0.2, 0.25) is 0 Å². The van der Waals surface area contributed by atoms with Crippen LogP contribution < -0.4 is 5.48 Å². The maximum atomic E-state index is 5.51. The minimum Gasteiger partial charge on any atom is -0.301 e. The lowest BCUT2D eigenvalue weighted by atomic mass is 9.98. The van der Waals surface area contributed by atoms with Gasteiger partial charge in [-0.15, -0.1) is 0 Å². The van der Waals surface area contributed by atoms with Crippen LogP contribution in [0.2, 0.25) is 0 Å². The molecule has 1 rings (SSSR count). The fraction of sp³-hybridized carbons (Fsp3) is 1.00. The third-order valence-corrected chi connectivity index (χ3v) is 3.33. The van der Waals surface area contributed by atoms with Crippen molar-refractivity contribution < 1.29 is 4.84 Å². The number of rotatable bonds is 5. The van der Waals surface area contributed by atoms with E-state index in [0.717, 1.165) is 12.5 Å². The van der Waals surface area contributed by atoms with E-state index < -0.39 is 0 Å². The van der Waals surface area contributed by atoms with E-state index in [1.54, 1.807) is 0 Å². The molecule has 2 heteroatoms. The molecule has 0 amide bonds. The number of hydrogen-bond acceptors (Lipinski definition) is 2. The molecule has 2 nitrogen and oxygen atoms in total. The van der Waals surface area contributed by atoms with Gasteiger partial charge in [-0.2, -0.15) is 5.48 Å². The lowest BCUT2D eigenvalue weighted by Crippen LogP contribution is -2.30. The number of nitrogens with one attached hydrogen (secondary N) is 1. The summed E-state index contributed by atoms with van der Waals surface area (Å²) in [5.74, 6) is 1.58. The monoisotopic (exact) mass is 213 g/mol. The predicted molar refractivity (Wildman–Crippen MR) is 64.6 cm³/mol. The summed E-state index contributed by atoms with van der Waals surface area (Å²) in [6.45, 7) is 7.51. The highest BCUT2D eigenvalue weighted by atomic mass is 16.6. The number of hydrogen-bond donors (Lipinski definition) is 1. The van der Waals surface area contributed by atoms with Gasteiger partial charge in [0.1, 0.15) is 0 Å². The van der Waals surface area contributed by atoms with E-state index in [-0.39, 0.29) is 0 Å². The molecule has 0 radical (unpaired) electrons. The van der Waals surface area contributed by atoms with Crippen molar-refractivity contribution >= 4 is 0 Å². The van der Waals surface area contributed by atoms with E-state index in [1.165, 1.54) is 38.5 Å². The van der Waals surface area contributed by atoms with Crippen molar-refractivity contribution in [3.8, 4) is 0 Å². The highest BCUT2D eigenvalue weighted by Crippen LogP contribution is 2.25. The zero-order valence-electron chi connectivity index (χ0n) is 10.6. The van der Waals surface area contributed by atoms with Crippen LogP contribution in [0.25, 0.3) is 0 Å². The normalized spacial score (nSPS) is 28.0. The maximum Gasteiger partial charge on any atom is 0.0705 e. The van der Waals surface area contributed by atoms with Crippen LogP contribution in [0, 0.1) is 11.8 Å². The molecule has 1 saturated carbocycles. The van der Waals surface area contributed by atoms with Gasteiger partial charge in [0.15, 0.2) is 0 Å². The molecule has 90 valence electrons. The summed E-state index contributed by atoms with van der Waals surface area (Å²) in [6, 6.07) is 0.598. The van der Waals surface area contributed by atoms with E-state index in [4.69, 9.17) is 4.84 Å². The van der Waals surface area contributed by atoms with Crippen molar-refractivity contribution in [1.29, 1.82) is 0 Å². The largest absolute Gasteiger partial charge is 0.301 e. The second-order valence-corrected chi connectivity index (χ2v) is 5.30. The van der Waals surface area contributed by atoms with Crippen LogP contribution in [0.3, 0.4) is 0 Å². The van der Waals surface area contributed by atoms with Gasteiger partial charge in [-0.25, -0.2) is 0 Å². The summed E-state index contributed by atoms with van der Waals surface area (Å²) in [6.07, 6.45) is 8.07. The minimum atomic E-state index is 0.598. The summed E-state index contributed by atoms with van der Waals surface area (Å²) >= 11 is 0.